The van der Waals surface area contributed by atoms with Gasteiger partial charge in [0.15, 0.2) is 0 Å². The first-order valence-corrected chi connectivity index (χ1v) is 10.1. The molecule has 0 fully saturated rings. The van der Waals surface area contributed by atoms with Gasteiger partial charge in [0.25, 0.3) is 0 Å². The van der Waals surface area contributed by atoms with Crippen LogP contribution in [0.2, 0.25) is 0 Å². The Balaban J connectivity index is 1.50. The van der Waals surface area contributed by atoms with Gasteiger partial charge in [0, 0.05) is 28.2 Å². The average Bonchev–Trinajstić information content (AvgIpc) is 2.74. The van der Waals surface area contributed by atoms with Gasteiger partial charge in [0.05, 0.1) is 18.2 Å². The lowest BCUT2D eigenvalue weighted by Gasteiger charge is -2.28. The van der Waals surface area contributed by atoms with Gasteiger partial charge in [0.1, 0.15) is 11.6 Å². The molecule has 0 aliphatic carbocycles. The molecular weight excluding hydrogens is 373 g/mol. The van der Waals surface area contributed by atoms with Crippen LogP contribution in [-0.4, -0.2) is 0 Å². The molecule has 1 aliphatic rings. The molecule has 0 N–H and O–H groups in total. The molecular formula is C23H18FNO2S. The molecule has 3 nitrogen and oxygen atoms in total. The smallest absolute Gasteiger partial charge is 0.227 e. The lowest BCUT2D eigenvalue weighted by Crippen LogP contribution is -2.19. The third-order valence-electron chi connectivity index (χ3n) is 4.48. The van der Waals surface area contributed by atoms with Gasteiger partial charge >= 0.3 is 0 Å². The van der Waals surface area contributed by atoms with E-state index in [1.807, 2.05) is 48.5 Å². The fourth-order valence-corrected chi connectivity index (χ4v) is 4.12. The number of halogens is 1. The number of rotatable bonds is 5. The molecule has 1 heterocycles. The van der Waals surface area contributed by atoms with Crippen LogP contribution in [0, 0.1) is 17.1 Å². The first-order chi connectivity index (χ1) is 13.7. The minimum absolute atomic E-state index is 0.286. The van der Waals surface area contributed by atoms with Crippen LogP contribution >= 0.6 is 11.8 Å². The number of hydrogen-bond donors (Lipinski definition) is 0. The third kappa shape index (κ3) is 4.19. The number of nitrogens with zero attached hydrogens (tertiary/aromatic N) is 1. The Morgan fingerprint density at radius 1 is 1.04 bits per heavy atom. The zero-order valence-electron chi connectivity index (χ0n) is 15.1. The predicted molar refractivity (Wildman–Crippen MR) is 107 cm³/mol. The normalized spacial score (nSPS) is 15.4. The third-order valence-corrected chi connectivity index (χ3v) is 5.53. The molecule has 5 heteroatoms. The highest BCUT2D eigenvalue weighted by Gasteiger charge is 2.25. The van der Waals surface area contributed by atoms with Crippen molar-refractivity contribution in [3.63, 3.8) is 0 Å². The maximum atomic E-state index is 14.1. The zero-order valence-corrected chi connectivity index (χ0v) is 15.9. The van der Waals surface area contributed by atoms with Crippen molar-refractivity contribution < 1.29 is 13.9 Å². The van der Waals surface area contributed by atoms with Crippen molar-refractivity contribution in [2.24, 2.45) is 0 Å². The molecule has 140 valence electrons. The molecule has 3 aromatic rings. The van der Waals surface area contributed by atoms with E-state index in [4.69, 9.17) is 14.7 Å². The van der Waals surface area contributed by atoms with E-state index in [9.17, 15) is 4.39 Å². The monoisotopic (exact) mass is 391 g/mol. The Morgan fingerprint density at radius 3 is 2.71 bits per heavy atom. The van der Waals surface area contributed by atoms with Crippen molar-refractivity contribution in [2.75, 3.05) is 0 Å². The highest BCUT2D eigenvalue weighted by molar-refractivity contribution is 7.97. The first kappa shape index (κ1) is 18.5. The second-order valence-electron chi connectivity index (χ2n) is 6.53. The van der Waals surface area contributed by atoms with Gasteiger partial charge in [0.2, 0.25) is 6.29 Å². The van der Waals surface area contributed by atoms with Gasteiger partial charge in [-0.2, -0.15) is 17.0 Å². The van der Waals surface area contributed by atoms with Crippen molar-refractivity contribution in [3.8, 4) is 11.8 Å². The summed E-state index contributed by atoms with van der Waals surface area (Å²) in [5, 5.41) is 9.02. The second-order valence-corrected chi connectivity index (χ2v) is 7.52. The minimum Gasteiger partial charge on any atom is -0.460 e. The van der Waals surface area contributed by atoms with Crippen LogP contribution in [0.1, 0.15) is 34.1 Å². The van der Waals surface area contributed by atoms with E-state index in [0.29, 0.717) is 23.7 Å². The predicted octanol–water partition coefficient (Wildman–Crippen LogP) is 5.74. The van der Waals surface area contributed by atoms with Gasteiger partial charge in [-0.1, -0.05) is 42.5 Å². The fraction of sp³-hybridized carbons (Fsp3) is 0.174. The van der Waals surface area contributed by atoms with Crippen molar-refractivity contribution in [3.05, 3.63) is 100 Å². The van der Waals surface area contributed by atoms with Crippen LogP contribution in [0.5, 0.6) is 5.75 Å². The van der Waals surface area contributed by atoms with Gasteiger partial charge in [-0.05, 0) is 29.8 Å². The summed E-state index contributed by atoms with van der Waals surface area (Å²) >= 11 is 1.66. The largest absolute Gasteiger partial charge is 0.460 e. The van der Waals surface area contributed by atoms with E-state index >= 15 is 0 Å². The summed E-state index contributed by atoms with van der Waals surface area (Å²) in [6.45, 7) is 0.314. The molecule has 1 atom stereocenters. The van der Waals surface area contributed by atoms with E-state index in [1.165, 1.54) is 12.1 Å². The summed E-state index contributed by atoms with van der Waals surface area (Å²) in [7, 11) is 0. The van der Waals surface area contributed by atoms with E-state index in [-0.39, 0.29) is 5.82 Å². The van der Waals surface area contributed by atoms with Crippen LogP contribution in [0.15, 0.2) is 66.7 Å². The second kappa shape index (κ2) is 8.47. The number of benzene rings is 3. The van der Waals surface area contributed by atoms with E-state index < -0.39 is 6.29 Å². The Kier molecular flexibility index (Phi) is 5.61. The summed E-state index contributed by atoms with van der Waals surface area (Å²) in [6.07, 6.45) is -0.491. The van der Waals surface area contributed by atoms with Gasteiger partial charge in [-0.15, -0.1) is 0 Å². The molecule has 0 unspecified atom stereocenters. The van der Waals surface area contributed by atoms with Crippen LogP contribution in [0.25, 0.3) is 0 Å². The molecule has 0 spiro atoms. The maximum absolute atomic E-state index is 14.1. The standard InChI is InChI=1S/C23H18FNO2S/c24-21-10-19-13-26-23(18-7-2-1-3-8-18)27-22(19)20(11-21)15-28-14-17-6-4-5-16(9-17)12-25/h1-11,23H,13-15H2/t23-/m0/s1. The Labute approximate surface area is 167 Å². The Morgan fingerprint density at radius 2 is 1.89 bits per heavy atom. The number of ether oxygens (including phenoxy) is 2. The van der Waals surface area contributed by atoms with Gasteiger partial charge in [-0.3, -0.25) is 0 Å². The lowest BCUT2D eigenvalue weighted by atomic mass is 10.1. The van der Waals surface area contributed by atoms with Gasteiger partial charge in [-0.25, -0.2) is 4.39 Å². The molecule has 0 aromatic heterocycles. The molecule has 3 aromatic carbocycles. The molecule has 0 saturated heterocycles. The first-order valence-electron chi connectivity index (χ1n) is 8.94. The Bertz CT molecular complexity index is 1020. The number of hydrogen-bond acceptors (Lipinski definition) is 4. The van der Waals surface area contributed by atoms with Gasteiger partial charge < -0.3 is 9.47 Å². The number of nitriles is 1. The molecule has 1 aliphatic heterocycles. The summed E-state index contributed by atoms with van der Waals surface area (Å²) in [4.78, 5) is 0. The van der Waals surface area contributed by atoms with E-state index in [2.05, 4.69) is 6.07 Å². The molecule has 28 heavy (non-hydrogen) atoms. The fourth-order valence-electron chi connectivity index (χ4n) is 3.17. The topological polar surface area (TPSA) is 42.2 Å². The van der Waals surface area contributed by atoms with Crippen LogP contribution in [0.4, 0.5) is 4.39 Å². The highest BCUT2D eigenvalue weighted by Crippen LogP contribution is 2.38. The molecule has 0 saturated carbocycles. The number of fused-ring (bicyclic) bond motifs is 1. The van der Waals surface area contributed by atoms with E-state index in [0.717, 1.165) is 28.0 Å². The van der Waals surface area contributed by atoms with Crippen molar-refractivity contribution in [1.82, 2.24) is 0 Å². The van der Waals surface area contributed by atoms with Crippen LogP contribution in [0.3, 0.4) is 0 Å². The Hall–Kier alpha value is -2.81. The van der Waals surface area contributed by atoms with E-state index in [1.54, 1.807) is 17.8 Å². The van der Waals surface area contributed by atoms with Crippen molar-refractivity contribution >= 4 is 11.8 Å². The van der Waals surface area contributed by atoms with Crippen LogP contribution < -0.4 is 4.74 Å². The average molecular weight is 391 g/mol. The molecule has 0 amide bonds. The minimum atomic E-state index is -0.491. The summed E-state index contributed by atoms with van der Waals surface area (Å²) in [6, 6.07) is 22.4. The SMILES string of the molecule is N#Cc1cccc(CSCc2cc(F)cc3c2O[C@@H](c2ccccc2)OC3)c1. The zero-order chi connectivity index (χ0) is 19.3. The quantitative estimate of drug-likeness (QED) is 0.556. The van der Waals surface area contributed by atoms with Crippen molar-refractivity contribution in [1.29, 1.82) is 5.26 Å². The molecule has 0 radical (unpaired) electrons. The molecule has 4 rings (SSSR count). The highest BCUT2D eigenvalue weighted by atomic mass is 32.2. The van der Waals surface area contributed by atoms with Crippen molar-refractivity contribution in [2.45, 2.75) is 24.4 Å². The summed E-state index contributed by atoms with van der Waals surface area (Å²) in [5.41, 5.74) is 4.20. The summed E-state index contributed by atoms with van der Waals surface area (Å²) in [5.74, 6) is 1.77. The molecule has 0 bridgehead atoms. The summed E-state index contributed by atoms with van der Waals surface area (Å²) < 4.78 is 25.9. The number of thioether (sulfide) groups is 1. The lowest BCUT2D eigenvalue weighted by molar-refractivity contribution is -0.112. The van der Waals surface area contributed by atoms with Crippen LogP contribution in [-0.2, 0) is 22.8 Å². The maximum Gasteiger partial charge on any atom is 0.227 e.